The van der Waals surface area contributed by atoms with Gasteiger partial charge in [0.1, 0.15) is 0 Å². The maximum Gasteiger partial charge on any atom is 0.315 e. The molecule has 1 fully saturated rings. The van der Waals surface area contributed by atoms with E-state index in [1.165, 1.54) is 0 Å². The molecule has 1 aliphatic heterocycles. The quantitative estimate of drug-likeness (QED) is 0.887. The van der Waals surface area contributed by atoms with E-state index in [9.17, 15) is 4.79 Å². The molecule has 6 nitrogen and oxygen atoms in total. The van der Waals surface area contributed by atoms with Crippen LogP contribution in [0.25, 0.3) is 0 Å². The van der Waals surface area contributed by atoms with Crippen LogP contribution in [0.1, 0.15) is 42.8 Å². The standard InChI is InChI=1S/C15H27N5O/c1-10(14-11(2)18-20(5)12(14)3)16-15(21)17-13-7-6-8-19(4)9-13/h10,13H,6-9H2,1-5H3,(H2,16,17,21). The highest BCUT2D eigenvalue weighted by Gasteiger charge is 2.21. The van der Waals surface area contributed by atoms with E-state index >= 15 is 0 Å². The maximum atomic E-state index is 12.2. The highest BCUT2D eigenvalue weighted by Crippen LogP contribution is 2.20. The fourth-order valence-corrected chi connectivity index (χ4v) is 3.20. The molecular weight excluding hydrogens is 266 g/mol. The van der Waals surface area contributed by atoms with Gasteiger partial charge in [0.25, 0.3) is 0 Å². The zero-order chi connectivity index (χ0) is 15.6. The third-order valence-corrected chi connectivity index (χ3v) is 4.31. The van der Waals surface area contributed by atoms with Crippen molar-refractivity contribution in [2.75, 3.05) is 20.1 Å². The molecule has 1 aliphatic rings. The van der Waals surface area contributed by atoms with Crippen LogP contribution in [-0.4, -0.2) is 46.9 Å². The Labute approximate surface area is 126 Å². The smallest absolute Gasteiger partial charge is 0.315 e. The van der Waals surface area contributed by atoms with Gasteiger partial charge in [0.15, 0.2) is 0 Å². The highest BCUT2D eigenvalue weighted by molar-refractivity contribution is 5.74. The van der Waals surface area contributed by atoms with Crippen LogP contribution in [0.4, 0.5) is 4.79 Å². The number of piperidine rings is 1. The Morgan fingerprint density at radius 2 is 2.10 bits per heavy atom. The normalized spacial score (nSPS) is 21.1. The number of aromatic nitrogens is 2. The van der Waals surface area contributed by atoms with Gasteiger partial charge in [0, 0.05) is 30.9 Å². The topological polar surface area (TPSA) is 62.2 Å². The summed E-state index contributed by atoms with van der Waals surface area (Å²) in [6.45, 7) is 8.05. The van der Waals surface area contributed by atoms with Crippen molar-refractivity contribution in [2.45, 2.75) is 45.7 Å². The summed E-state index contributed by atoms with van der Waals surface area (Å²) in [6.07, 6.45) is 2.19. The molecule has 2 N–H and O–H groups in total. The summed E-state index contributed by atoms with van der Waals surface area (Å²) in [6, 6.07) is 0.109. The molecule has 2 rings (SSSR count). The molecule has 6 heteroatoms. The van der Waals surface area contributed by atoms with E-state index in [2.05, 4.69) is 27.7 Å². The SMILES string of the molecule is Cc1nn(C)c(C)c1C(C)NC(=O)NC1CCCN(C)C1. The van der Waals surface area contributed by atoms with Crippen LogP contribution in [0.3, 0.4) is 0 Å². The minimum atomic E-state index is -0.0922. The summed E-state index contributed by atoms with van der Waals surface area (Å²) >= 11 is 0. The monoisotopic (exact) mass is 293 g/mol. The van der Waals surface area contributed by atoms with E-state index in [4.69, 9.17) is 0 Å². The Morgan fingerprint density at radius 1 is 1.38 bits per heavy atom. The predicted octanol–water partition coefficient (Wildman–Crippen LogP) is 1.49. The van der Waals surface area contributed by atoms with Crippen molar-refractivity contribution in [3.63, 3.8) is 0 Å². The van der Waals surface area contributed by atoms with Crippen LogP contribution in [-0.2, 0) is 7.05 Å². The molecule has 2 amide bonds. The van der Waals surface area contributed by atoms with Gasteiger partial charge in [-0.15, -0.1) is 0 Å². The zero-order valence-corrected chi connectivity index (χ0v) is 13.7. The first kappa shape index (κ1) is 15.8. The molecule has 118 valence electrons. The molecule has 0 bridgehead atoms. The fraction of sp³-hybridized carbons (Fsp3) is 0.733. The number of nitrogens with zero attached hydrogens (tertiary/aromatic N) is 3. The number of carbonyl (C=O) groups excluding carboxylic acids is 1. The first-order valence-corrected chi connectivity index (χ1v) is 7.64. The first-order valence-electron chi connectivity index (χ1n) is 7.64. The predicted molar refractivity (Wildman–Crippen MR) is 83.3 cm³/mol. The minimum Gasteiger partial charge on any atom is -0.334 e. The number of urea groups is 1. The van der Waals surface area contributed by atoms with E-state index in [0.717, 1.165) is 42.9 Å². The molecule has 0 spiro atoms. The number of hydrogen-bond acceptors (Lipinski definition) is 3. The van der Waals surface area contributed by atoms with E-state index in [1.807, 2.05) is 32.5 Å². The van der Waals surface area contributed by atoms with E-state index in [-0.39, 0.29) is 18.1 Å². The van der Waals surface area contributed by atoms with Gasteiger partial charge in [-0.1, -0.05) is 0 Å². The molecule has 0 radical (unpaired) electrons. The molecule has 0 aromatic carbocycles. The van der Waals surface area contributed by atoms with Gasteiger partial charge in [0.2, 0.25) is 0 Å². The average molecular weight is 293 g/mol. The summed E-state index contributed by atoms with van der Waals surface area (Å²) < 4.78 is 1.86. The maximum absolute atomic E-state index is 12.2. The van der Waals surface area contributed by atoms with Crippen molar-refractivity contribution in [1.29, 1.82) is 0 Å². The number of likely N-dealkylation sites (tertiary alicyclic amines) is 1. The first-order chi connectivity index (χ1) is 9.88. The fourth-order valence-electron chi connectivity index (χ4n) is 3.20. The second-order valence-electron chi connectivity index (χ2n) is 6.15. The number of carbonyl (C=O) groups is 1. The second kappa shape index (κ2) is 6.47. The number of rotatable bonds is 3. The molecule has 2 atom stereocenters. The van der Waals surface area contributed by atoms with Gasteiger partial charge in [-0.25, -0.2) is 4.79 Å². The Balaban J connectivity index is 1.93. The molecule has 2 unspecified atom stereocenters. The van der Waals surface area contributed by atoms with E-state index in [0.29, 0.717) is 0 Å². The average Bonchev–Trinajstić information content (AvgIpc) is 2.62. The number of hydrogen-bond donors (Lipinski definition) is 2. The number of amides is 2. The molecular formula is C15H27N5O. The lowest BCUT2D eigenvalue weighted by atomic mass is 10.1. The van der Waals surface area contributed by atoms with Crippen LogP contribution in [0.5, 0.6) is 0 Å². The van der Waals surface area contributed by atoms with Crippen molar-refractivity contribution in [1.82, 2.24) is 25.3 Å². The van der Waals surface area contributed by atoms with Crippen molar-refractivity contribution >= 4 is 6.03 Å². The minimum absolute atomic E-state index is 0.0416. The van der Waals surface area contributed by atoms with Gasteiger partial charge in [-0.3, -0.25) is 4.68 Å². The van der Waals surface area contributed by atoms with E-state index in [1.54, 1.807) is 0 Å². The van der Waals surface area contributed by atoms with Crippen LogP contribution in [0.15, 0.2) is 0 Å². The van der Waals surface area contributed by atoms with Crippen LogP contribution >= 0.6 is 0 Å². The van der Waals surface area contributed by atoms with Gasteiger partial charge in [-0.05, 0) is 47.2 Å². The molecule has 21 heavy (non-hydrogen) atoms. The third kappa shape index (κ3) is 3.75. The van der Waals surface area contributed by atoms with Crippen LogP contribution < -0.4 is 10.6 Å². The Kier molecular flexibility index (Phi) is 4.88. The lowest BCUT2D eigenvalue weighted by Crippen LogP contribution is -2.49. The molecule has 0 saturated carbocycles. The van der Waals surface area contributed by atoms with E-state index < -0.39 is 0 Å². The van der Waals surface area contributed by atoms with Crippen LogP contribution in [0.2, 0.25) is 0 Å². The Morgan fingerprint density at radius 3 is 2.67 bits per heavy atom. The molecule has 2 heterocycles. The van der Waals surface area contributed by atoms with Crippen molar-refractivity contribution in [2.24, 2.45) is 7.05 Å². The zero-order valence-electron chi connectivity index (χ0n) is 13.7. The summed E-state index contributed by atoms with van der Waals surface area (Å²) in [4.78, 5) is 14.4. The summed E-state index contributed by atoms with van der Waals surface area (Å²) in [5.41, 5.74) is 3.17. The summed E-state index contributed by atoms with van der Waals surface area (Å²) in [5.74, 6) is 0. The summed E-state index contributed by atoms with van der Waals surface area (Å²) in [7, 11) is 4.02. The molecule has 1 aromatic rings. The van der Waals surface area contributed by atoms with Crippen LogP contribution in [0, 0.1) is 13.8 Å². The van der Waals surface area contributed by atoms with Gasteiger partial charge >= 0.3 is 6.03 Å². The highest BCUT2D eigenvalue weighted by atomic mass is 16.2. The molecule has 0 aliphatic carbocycles. The summed E-state index contributed by atoms with van der Waals surface area (Å²) in [5, 5.41) is 10.5. The molecule has 1 saturated heterocycles. The number of likely N-dealkylation sites (N-methyl/N-ethyl adjacent to an activating group) is 1. The third-order valence-electron chi connectivity index (χ3n) is 4.31. The largest absolute Gasteiger partial charge is 0.334 e. The van der Waals surface area contributed by atoms with Gasteiger partial charge in [0.05, 0.1) is 11.7 Å². The lowest BCUT2D eigenvalue weighted by Gasteiger charge is -2.30. The number of aryl methyl sites for hydroxylation is 2. The Hall–Kier alpha value is -1.56. The van der Waals surface area contributed by atoms with Gasteiger partial charge < -0.3 is 15.5 Å². The van der Waals surface area contributed by atoms with Crippen molar-refractivity contribution < 1.29 is 4.79 Å². The van der Waals surface area contributed by atoms with Gasteiger partial charge in [-0.2, -0.15) is 5.10 Å². The number of nitrogens with one attached hydrogen (secondary N) is 2. The van der Waals surface area contributed by atoms with Crippen molar-refractivity contribution in [3.05, 3.63) is 17.0 Å². The second-order valence-corrected chi connectivity index (χ2v) is 6.15. The molecule has 1 aromatic heterocycles. The Bertz CT molecular complexity index is 510. The lowest BCUT2D eigenvalue weighted by molar-refractivity contribution is 0.207. The van der Waals surface area contributed by atoms with Crippen molar-refractivity contribution in [3.8, 4) is 0 Å².